The maximum Gasteiger partial charge on any atom is -0.0184 e. The van der Waals surface area contributed by atoms with Crippen molar-refractivity contribution in [2.24, 2.45) is 17.8 Å². The van der Waals surface area contributed by atoms with Gasteiger partial charge in [-0.15, -0.1) is 0 Å². The second-order valence-electron chi connectivity index (χ2n) is 8.17. The molecular weight excluding hydrogens is 300 g/mol. The van der Waals surface area contributed by atoms with Crippen molar-refractivity contribution in [1.29, 1.82) is 0 Å². The van der Waals surface area contributed by atoms with E-state index in [2.05, 4.69) is 68.4 Å². The maximum atomic E-state index is 2.47. The van der Waals surface area contributed by atoms with Crippen LogP contribution in [0.3, 0.4) is 0 Å². The summed E-state index contributed by atoms with van der Waals surface area (Å²) in [5.74, 6) is 2.77. The SMILES string of the molecule is CCCCC1CCC(C(C)Cc2ccc(-c3ccccc3)cc2)CC1. The summed E-state index contributed by atoms with van der Waals surface area (Å²) in [6.45, 7) is 4.79. The van der Waals surface area contributed by atoms with Crippen molar-refractivity contribution in [3.8, 4) is 11.1 Å². The lowest BCUT2D eigenvalue weighted by molar-refractivity contribution is 0.205. The molecule has 0 amide bonds. The summed E-state index contributed by atoms with van der Waals surface area (Å²) in [7, 11) is 0. The highest BCUT2D eigenvalue weighted by atomic mass is 14.3. The average Bonchev–Trinajstić information content (AvgIpc) is 2.68. The third-order valence-electron chi connectivity index (χ3n) is 6.28. The molecule has 0 saturated heterocycles. The van der Waals surface area contributed by atoms with Crippen molar-refractivity contribution in [2.45, 2.75) is 65.2 Å². The second kappa shape index (κ2) is 9.22. The predicted octanol–water partition coefficient (Wildman–Crippen LogP) is 7.53. The van der Waals surface area contributed by atoms with Gasteiger partial charge >= 0.3 is 0 Å². The summed E-state index contributed by atoms with van der Waals surface area (Å²) in [5.41, 5.74) is 4.14. The predicted molar refractivity (Wildman–Crippen MR) is 110 cm³/mol. The van der Waals surface area contributed by atoms with Gasteiger partial charge in [0, 0.05) is 0 Å². The molecule has 2 aromatic rings. The third-order valence-corrected chi connectivity index (χ3v) is 6.28. The van der Waals surface area contributed by atoms with Crippen LogP contribution in [0, 0.1) is 17.8 Å². The lowest BCUT2D eigenvalue weighted by Gasteiger charge is -2.32. The number of unbranched alkanes of at least 4 members (excludes halogenated alkanes) is 1. The molecule has 25 heavy (non-hydrogen) atoms. The van der Waals surface area contributed by atoms with Crippen molar-refractivity contribution < 1.29 is 0 Å². The molecule has 3 rings (SSSR count). The first-order chi connectivity index (χ1) is 12.3. The fraction of sp³-hybridized carbons (Fsp3) is 0.520. The van der Waals surface area contributed by atoms with Crippen LogP contribution in [0.1, 0.15) is 64.4 Å². The number of benzene rings is 2. The van der Waals surface area contributed by atoms with E-state index in [1.54, 1.807) is 0 Å². The summed E-state index contributed by atoms with van der Waals surface area (Å²) in [4.78, 5) is 0. The third kappa shape index (κ3) is 5.21. The molecule has 134 valence electrons. The average molecular weight is 335 g/mol. The van der Waals surface area contributed by atoms with Crippen LogP contribution in [0.4, 0.5) is 0 Å². The fourth-order valence-electron chi connectivity index (χ4n) is 4.54. The van der Waals surface area contributed by atoms with E-state index in [9.17, 15) is 0 Å². The zero-order valence-corrected chi connectivity index (χ0v) is 16.1. The first-order valence-electron chi connectivity index (χ1n) is 10.4. The molecule has 0 aliphatic heterocycles. The van der Waals surface area contributed by atoms with Crippen molar-refractivity contribution in [2.75, 3.05) is 0 Å². The molecule has 0 spiro atoms. The summed E-state index contributed by atoms with van der Waals surface area (Å²) in [6, 6.07) is 19.9. The van der Waals surface area contributed by atoms with Gasteiger partial charge in [0.05, 0.1) is 0 Å². The molecule has 0 radical (unpaired) electrons. The Bertz CT molecular complexity index is 602. The first kappa shape index (κ1) is 18.2. The quantitative estimate of drug-likeness (QED) is 0.491. The summed E-state index contributed by atoms with van der Waals surface area (Å²) in [5, 5.41) is 0. The van der Waals surface area contributed by atoms with Crippen LogP contribution >= 0.6 is 0 Å². The topological polar surface area (TPSA) is 0 Å². The Morgan fingerprint density at radius 3 is 2.12 bits per heavy atom. The minimum Gasteiger partial charge on any atom is -0.0654 e. The van der Waals surface area contributed by atoms with Crippen molar-refractivity contribution in [1.82, 2.24) is 0 Å². The van der Waals surface area contributed by atoms with Gasteiger partial charge in [-0.3, -0.25) is 0 Å². The zero-order chi connectivity index (χ0) is 17.5. The molecule has 1 aliphatic carbocycles. The van der Waals surface area contributed by atoms with Gasteiger partial charge in [0.2, 0.25) is 0 Å². The molecule has 1 atom stereocenters. The van der Waals surface area contributed by atoms with Crippen molar-refractivity contribution in [3.63, 3.8) is 0 Å². The minimum atomic E-state index is 0.815. The first-order valence-corrected chi connectivity index (χ1v) is 10.4. The Hall–Kier alpha value is -1.56. The Labute approximate surface area is 154 Å². The van der Waals surface area contributed by atoms with E-state index in [0.717, 1.165) is 17.8 Å². The Kier molecular flexibility index (Phi) is 6.73. The van der Waals surface area contributed by atoms with Crippen LogP contribution in [-0.2, 0) is 6.42 Å². The molecule has 0 nitrogen and oxygen atoms in total. The molecule has 1 aliphatic rings. The van der Waals surface area contributed by atoms with E-state index in [1.165, 1.54) is 68.1 Å². The largest absolute Gasteiger partial charge is 0.0654 e. The van der Waals surface area contributed by atoms with Crippen LogP contribution in [0.25, 0.3) is 11.1 Å². The van der Waals surface area contributed by atoms with Gasteiger partial charge in [-0.1, -0.05) is 101 Å². The minimum absolute atomic E-state index is 0.815. The Morgan fingerprint density at radius 2 is 1.48 bits per heavy atom. The molecule has 0 bridgehead atoms. The molecule has 0 heterocycles. The maximum absolute atomic E-state index is 2.47. The lowest BCUT2D eigenvalue weighted by Crippen LogP contribution is -2.21. The van der Waals surface area contributed by atoms with Gasteiger partial charge in [0.1, 0.15) is 0 Å². The molecule has 1 unspecified atom stereocenters. The van der Waals surface area contributed by atoms with Gasteiger partial charge in [0.25, 0.3) is 0 Å². The summed E-state index contributed by atoms with van der Waals surface area (Å²) >= 11 is 0. The number of hydrogen-bond donors (Lipinski definition) is 0. The van der Waals surface area contributed by atoms with Crippen LogP contribution in [0.5, 0.6) is 0 Å². The molecule has 2 aromatic carbocycles. The van der Waals surface area contributed by atoms with E-state index < -0.39 is 0 Å². The Morgan fingerprint density at radius 1 is 0.840 bits per heavy atom. The van der Waals surface area contributed by atoms with Gasteiger partial charge in [-0.25, -0.2) is 0 Å². The normalized spacial score (nSPS) is 21.8. The Balaban J connectivity index is 1.51. The van der Waals surface area contributed by atoms with Gasteiger partial charge < -0.3 is 0 Å². The van der Waals surface area contributed by atoms with Crippen molar-refractivity contribution in [3.05, 3.63) is 60.2 Å². The van der Waals surface area contributed by atoms with Crippen LogP contribution in [0.15, 0.2) is 54.6 Å². The van der Waals surface area contributed by atoms with E-state index in [-0.39, 0.29) is 0 Å². The standard InChI is InChI=1S/C25H34/c1-3-4-8-21-11-15-23(16-12-21)20(2)19-22-13-17-25(18-14-22)24-9-6-5-7-10-24/h5-7,9-10,13-14,17-18,20-21,23H,3-4,8,11-12,15-16,19H2,1-2H3. The smallest absolute Gasteiger partial charge is 0.0184 e. The molecule has 0 heteroatoms. The van der Waals surface area contributed by atoms with E-state index >= 15 is 0 Å². The zero-order valence-electron chi connectivity index (χ0n) is 16.1. The van der Waals surface area contributed by atoms with Crippen molar-refractivity contribution >= 4 is 0 Å². The van der Waals surface area contributed by atoms with Gasteiger partial charge in [-0.05, 0) is 53.7 Å². The summed E-state index contributed by atoms with van der Waals surface area (Å²) in [6.07, 6.45) is 11.4. The van der Waals surface area contributed by atoms with E-state index in [0.29, 0.717) is 0 Å². The molecule has 1 saturated carbocycles. The lowest BCUT2D eigenvalue weighted by atomic mass is 9.73. The fourth-order valence-corrected chi connectivity index (χ4v) is 4.54. The summed E-state index contributed by atoms with van der Waals surface area (Å²) < 4.78 is 0. The van der Waals surface area contributed by atoms with Crippen LogP contribution in [0.2, 0.25) is 0 Å². The van der Waals surface area contributed by atoms with Gasteiger partial charge in [0.15, 0.2) is 0 Å². The molecule has 0 N–H and O–H groups in total. The highest BCUT2D eigenvalue weighted by Gasteiger charge is 2.24. The van der Waals surface area contributed by atoms with E-state index in [4.69, 9.17) is 0 Å². The number of hydrogen-bond acceptors (Lipinski definition) is 0. The highest BCUT2D eigenvalue weighted by Crippen LogP contribution is 2.36. The molecular formula is C25H34. The second-order valence-corrected chi connectivity index (χ2v) is 8.17. The van der Waals surface area contributed by atoms with Crippen LogP contribution in [-0.4, -0.2) is 0 Å². The van der Waals surface area contributed by atoms with Crippen LogP contribution < -0.4 is 0 Å². The van der Waals surface area contributed by atoms with E-state index in [1.807, 2.05) is 0 Å². The molecule has 1 fully saturated rings. The highest BCUT2D eigenvalue weighted by molar-refractivity contribution is 5.63. The van der Waals surface area contributed by atoms with Gasteiger partial charge in [-0.2, -0.15) is 0 Å². The number of rotatable bonds is 7. The molecule has 0 aromatic heterocycles. The monoisotopic (exact) mass is 334 g/mol.